The molecule has 0 aliphatic carbocycles. The van der Waals surface area contributed by atoms with Gasteiger partial charge in [-0.1, -0.05) is 30.3 Å². The minimum absolute atomic E-state index is 0.179. The van der Waals surface area contributed by atoms with Gasteiger partial charge in [-0.05, 0) is 12.1 Å². The van der Waals surface area contributed by atoms with Crippen molar-refractivity contribution in [3.63, 3.8) is 0 Å². The molecule has 0 spiro atoms. The fourth-order valence-corrected chi connectivity index (χ4v) is 1.33. The summed E-state index contributed by atoms with van der Waals surface area (Å²) in [6.45, 7) is 0.531. The first-order chi connectivity index (χ1) is 6.24. The largest absolute Gasteiger partial charge is 0.388 e. The van der Waals surface area contributed by atoms with Gasteiger partial charge in [0.1, 0.15) is 0 Å². The molecular formula is C10H15N3. The summed E-state index contributed by atoms with van der Waals surface area (Å²) in [5.41, 5.74) is 12.1. The summed E-state index contributed by atoms with van der Waals surface area (Å²) in [5, 5.41) is 7.20. The van der Waals surface area contributed by atoms with Crippen LogP contribution in [-0.2, 0) is 0 Å². The predicted octanol–water partition coefficient (Wildman–Crippen LogP) is 1.05. The zero-order valence-electron chi connectivity index (χ0n) is 7.53. The van der Waals surface area contributed by atoms with E-state index in [0.717, 1.165) is 5.56 Å². The molecule has 0 fully saturated rings. The summed E-state index contributed by atoms with van der Waals surface area (Å²) in [4.78, 5) is 0. The maximum Gasteiger partial charge on any atom is 0.0911 e. The van der Waals surface area contributed by atoms with Crippen molar-refractivity contribution in [2.45, 2.75) is 12.3 Å². The number of nitrogens with two attached hydrogens (primary N) is 2. The lowest BCUT2D eigenvalue weighted by Crippen LogP contribution is -2.20. The molecule has 0 aliphatic heterocycles. The molecule has 13 heavy (non-hydrogen) atoms. The van der Waals surface area contributed by atoms with Crippen LogP contribution in [0, 0.1) is 5.41 Å². The van der Waals surface area contributed by atoms with E-state index in [1.807, 2.05) is 30.3 Å². The minimum Gasteiger partial charge on any atom is -0.388 e. The normalized spacial score (nSPS) is 12.4. The van der Waals surface area contributed by atoms with Gasteiger partial charge in [0.25, 0.3) is 0 Å². The monoisotopic (exact) mass is 177 g/mol. The van der Waals surface area contributed by atoms with E-state index in [4.69, 9.17) is 16.9 Å². The van der Waals surface area contributed by atoms with Gasteiger partial charge < -0.3 is 11.5 Å². The molecule has 1 aromatic carbocycles. The molecular weight excluding hydrogens is 162 g/mol. The van der Waals surface area contributed by atoms with Gasteiger partial charge in [-0.15, -0.1) is 0 Å². The van der Waals surface area contributed by atoms with Crippen molar-refractivity contribution in [1.82, 2.24) is 0 Å². The average Bonchev–Trinajstić information content (AvgIpc) is 2.15. The number of hydrogen-bond donors (Lipinski definition) is 3. The summed E-state index contributed by atoms with van der Waals surface area (Å²) >= 11 is 0. The summed E-state index contributed by atoms with van der Waals surface area (Å²) in [5.74, 6) is 0.373. The Hall–Kier alpha value is -1.35. The standard InChI is InChI=1S/C10H15N3/c11-7-9(6-10(12)13)8-4-2-1-3-5-8/h1-5,9H,6-7,11H2,(H3,12,13). The lowest BCUT2D eigenvalue weighted by Gasteiger charge is -2.13. The van der Waals surface area contributed by atoms with Crippen molar-refractivity contribution in [3.05, 3.63) is 35.9 Å². The van der Waals surface area contributed by atoms with E-state index in [9.17, 15) is 0 Å². The summed E-state index contributed by atoms with van der Waals surface area (Å²) < 4.78 is 0. The van der Waals surface area contributed by atoms with Crippen LogP contribution in [0.1, 0.15) is 17.9 Å². The Morgan fingerprint density at radius 3 is 2.38 bits per heavy atom. The van der Waals surface area contributed by atoms with Gasteiger partial charge in [0.15, 0.2) is 0 Å². The lowest BCUT2D eigenvalue weighted by molar-refractivity contribution is 0.723. The smallest absolute Gasteiger partial charge is 0.0911 e. The molecule has 0 saturated heterocycles. The van der Waals surface area contributed by atoms with Crippen molar-refractivity contribution in [3.8, 4) is 0 Å². The maximum atomic E-state index is 7.20. The van der Waals surface area contributed by atoms with Crippen molar-refractivity contribution >= 4 is 5.84 Å². The van der Waals surface area contributed by atoms with Crippen LogP contribution in [0.3, 0.4) is 0 Å². The van der Waals surface area contributed by atoms with Crippen LogP contribution >= 0.6 is 0 Å². The van der Waals surface area contributed by atoms with E-state index in [-0.39, 0.29) is 11.8 Å². The van der Waals surface area contributed by atoms with Gasteiger partial charge in [0.05, 0.1) is 5.84 Å². The second-order valence-electron chi connectivity index (χ2n) is 3.07. The first kappa shape index (κ1) is 9.74. The first-order valence-corrected chi connectivity index (χ1v) is 4.32. The number of benzene rings is 1. The Balaban J connectivity index is 2.73. The van der Waals surface area contributed by atoms with E-state index in [0.29, 0.717) is 13.0 Å². The lowest BCUT2D eigenvalue weighted by atomic mass is 9.95. The third kappa shape index (κ3) is 2.87. The predicted molar refractivity (Wildman–Crippen MR) is 54.8 cm³/mol. The quantitative estimate of drug-likeness (QED) is 0.475. The van der Waals surface area contributed by atoms with Gasteiger partial charge in [-0.2, -0.15) is 0 Å². The van der Waals surface area contributed by atoms with Gasteiger partial charge in [0, 0.05) is 12.3 Å². The average molecular weight is 177 g/mol. The SMILES string of the molecule is N=C(N)CC(CN)c1ccccc1. The highest BCUT2D eigenvalue weighted by molar-refractivity contribution is 5.77. The molecule has 5 N–H and O–H groups in total. The molecule has 0 radical (unpaired) electrons. The van der Waals surface area contributed by atoms with Crippen LogP contribution in [0.15, 0.2) is 30.3 Å². The molecule has 0 bridgehead atoms. The number of nitrogens with one attached hydrogen (secondary N) is 1. The van der Waals surface area contributed by atoms with E-state index >= 15 is 0 Å². The zero-order valence-corrected chi connectivity index (χ0v) is 7.53. The summed E-state index contributed by atoms with van der Waals surface area (Å²) in [6, 6.07) is 9.93. The molecule has 70 valence electrons. The number of hydrogen-bond acceptors (Lipinski definition) is 2. The van der Waals surface area contributed by atoms with Crippen molar-refractivity contribution in [1.29, 1.82) is 5.41 Å². The molecule has 0 amide bonds. The third-order valence-corrected chi connectivity index (χ3v) is 2.02. The van der Waals surface area contributed by atoms with Crippen LogP contribution in [-0.4, -0.2) is 12.4 Å². The summed E-state index contributed by atoms with van der Waals surface area (Å²) in [6.07, 6.45) is 0.542. The Morgan fingerprint density at radius 1 is 1.31 bits per heavy atom. The van der Waals surface area contributed by atoms with Crippen molar-refractivity contribution in [2.24, 2.45) is 11.5 Å². The molecule has 3 nitrogen and oxygen atoms in total. The molecule has 1 rings (SSSR count). The van der Waals surface area contributed by atoms with E-state index in [1.165, 1.54) is 0 Å². The van der Waals surface area contributed by atoms with Crippen LogP contribution in [0.25, 0.3) is 0 Å². The van der Waals surface area contributed by atoms with Crippen molar-refractivity contribution < 1.29 is 0 Å². The minimum atomic E-state index is 0.179. The number of amidine groups is 1. The van der Waals surface area contributed by atoms with Gasteiger partial charge >= 0.3 is 0 Å². The molecule has 1 unspecified atom stereocenters. The van der Waals surface area contributed by atoms with Crippen molar-refractivity contribution in [2.75, 3.05) is 6.54 Å². The number of rotatable bonds is 4. The van der Waals surface area contributed by atoms with Crippen LogP contribution in [0.2, 0.25) is 0 Å². The molecule has 1 aromatic rings. The van der Waals surface area contributed by atoms with Crippen LogP contribution in [0.5, 0.6) is 0 Å². The van der Waals surface area contributed by atoms with Gasteiger partial charge in [-0.3, -0.25) is 5.41 Å². The van der Waals surface area contributed by atoms with E-state index < -0.39 is 0 Å². The maximum absolute atomic E-state index is 7.20. The second-order valence-corrected chi connectivity index (χ2v) is 3.07. The molecule has 0 aromatic heterocycles. The fraction of sp³-hybridized carbons (Fsp3) is 0.300. The highest BCUT2D eigenvalue weighted by Gasteiger charge is 2.09. The Bertz CT molecular complexity index is 269. The Labute approximate surface area is 78.3 Å². The Kier molecular flexibility index (Phi) is 3.46. The fourth-order valence-electron chi connectivity index (χ4n) is 1.33. The molecule has 1 atom stereocenters. The first-order valence-electron chi connectivity index (χ1n) is 4.32. The van der Waals surface area contributed by atoms with Crippen LogP contribution in [0.4, 0.5) is 0 Å². The van der Waals surface area contributed by atoms with E-state index in [2.05, 4.69) is 0 Å². The van der Waals surface area contributed by atoms with Crippen LogP contribution < -0.4 is 11.5 Å². The third-order valence-electron chi connectivity index (χ3n) is 2.02. The summed E-state index contributed by atoms with van der Waals surface area (Å²) in [7, 11) is 0. The van der Waals surface area contributed by atoms with Gasteiger partial charge in [0.2, 0.25) is 0 Å². The highest BCUT2D eigenvalue weighted by atomic mass is 14.7. The highest BCUT2D eigenvalue weighted by Crippen LogP contribution is 2.17. The Morgan fingerprint density at radius 2 is 1.92 bits per heavy atom. The topological polar surface area (TPSA) is 75.9 Å². The molecule has 0 saturated carbocycles. The molecule has 3 heteroatoms. The molecule has 0 heterocycles. The van der Waals surface area contributed by atoms with Gasteiger partial charge in [-0.25, -0.2) is 0 Å². The molecule has 0 aliphatic rings. The second kappa shape index (κ2) is 4.62. The zero-order chi connectivity index (χ0) is 9.68. The van der Waals surface area contributed by atoms with E-state index in [1.54, 1.807) is 0 Å².